The van der Waals surface area contributed by atoms with Crippen molar-refractivity contribution in [3.05, 3.63) is 23.8 Å². The van der Waals surface area contributed by atoms with E-state index in [1.807, 2.05) is 25.2 Å². The normalized spacial score (nSPS) is 18.7. The summed E-state index contributed by atoms with van der Waals surface area (Å²) in [5.74, 6) is 0. The van der Waals surface area contributed by atoms with Crippen LogP contribution in [-0.2, 0) is 6.54 Å². The number of carbonyl (C=O) groups excluding carboxylic acids is 1. The fraction of sp³-hybridized carbons (Fsp3) is 0.588. The molecule has 130 valence electrons. The molecule has 0 spiro atoms. The molecule has 1 fully saturated rings. The van der Waals surface area contributed by atoms with E-state index in [1.54, 1.807) is 4.90 Å². The fourth-order valence-electron chi connectivity index (χ4n) is 3.25. The lowest BCUT2D eigenvalue weighted by Crippen LogP contribution is -2.50. The zero-order valence-electron chi connectivity index (χ0n) is 14.4. The second-order valence-electron chi connectivity index (χ2n) is 6.53. The Hall–Kier alpha value is -2.15. The van der Waals surface area contributed by atoms with E-state index in [0.29, 0.717) is 12.1 Å². The lowest BCUT2D eigenvalue weighted by molar-refractivity contribution is 0.171. The Kier molecular flexibility index (Phi) is 5.30. The van der Waals surface area contributed by atoms with Crippen molar-refractivity contribution in [2.45, 2.75) is 38.8 Å². The molecule has 1 atom stereocenters. The number of urea groups is 1. The topological polar surface area (TPSA) is 74.5 Å². The minimum Gasteiger partial charge on any atom is -0.334 e. The molecule has 1 aromatic heterocycles. The first-order chi connectivity index (χ1) is 11.7. The number of likely N-dealkylation sites (tertiary alicyclic amines) is 1. The third kappa shape index (κ3) is 4.03. The Morgan fingerprint density at radius 1 is 1.42 bits per heavy atom. The fourth-order valence-corrected chi connectivity index (χ4v) is 3.25. The van der Waals surface area contributed by atoms with Crippen LogP contribution in [0.25, 0.3) is 11.0 Å². The minimum absolute atomic E-state index is 0.0308. The third-order valence-corrected chi connectivity index (χ3v) is 4.46. The average molecular weight is 331 g/mol. The number of hydrogen-bond donors (Lipinski definition) is 1. The number of aromatic nitrogens is 2. The highest BCUT2D eigenvalue weighted by molar-refractivity contribution is 5.75. The van der Waals surface area contributed by atoms with Gasteiger partial charge in [0.2, 0.25) is 0 Å². The number of hydrogen-bond acceptors (Lipinski definition) is 5. The Morgan fingerprint density at radius 2 is 2.25 bits per heavy atom. The molecule has 0 radical (unpaired) electrons. The van der Waals surface area contributed by atoms with Gasteiger partial charge in [-0.1, -0.05) is 13.0 Å². The molecular weight excluding hydrogens is 306 g/mol. The van der Waals surface area contributed by atoms with Gasteiger partial charge in [0.15, 0.2) is 0 Å². The molecule has 7 heteroatoms. The number of carbonyl (C=O) groups is 1. The monoisotopic (exact) mass is 331 g/mol. The van der Waals surface area contributed by atoms with Gasteiger partial charge in [0.1, 0.15) is 11.0 Å². The molecule has 0 aliphatic carbocycles. The first kappa shape index (κ1) is 16.7. The summed E-state index contributed by atoms with van der Waals surface area (Å²) in [6.07, 6.45) is 3.35. The predicted molar refractivity (Wildman–Crippen MR) is 91.6 cm³/mol. The molecule has 3 rings (SSSR count). The van der Waals surface area contributed by atoms with Gasteiger partial charge in [0.05, 0.1) is 0 Å². The Morgan fingerprint density at radius 3 is 3.08 bits per heavy atom. The van der Waals surface area contributed by atoms with E-state index in [9.17, 15) is 4.79 Å². The van der Waals surface area contributed by atoms with Crippen LogP contribution >= 0.6 is 0 Å². The smallest absolute Gasteiger partial charge is 0.317 e. The van der Waals surface area contributed by atoms with E-state index in [2.05, 4.69) is 27.5 Å². The molecule has 0 saturated carbocycles. The van der Waals surface area contributed by atoms with Crippen LogP contribution in [0.15, 0.2) is 22.8 Å². The highest BCUT2D eigenvalue weighted by atomic mass is 16.6. The van der Waals surface area contributed by atoms with Crippen LogP contribution in [0.5, 0.6) is 0 Å². The largest absolute Gasteiger partial charge is 0.334 e. The molecule has 0 unspecified atom stereocenters. The van der Waals surface area contributed by atoms with Gasteiger partial charge in [-0.25, -0.2) is 9.42 Å². The molecule has 0 bridgehead atoms. The summed E-state index contributed by atoms with van der Waals surface area (Å²) in [5.41, 5.74) is 2.44. The molecule has 7 nitrogen and oxygen atoms in total. The molecule has 24 heavy (non-hydrogen) atoms. The minimum atomic E-state index is -0.0308. The molecule has 1 N–H and O–H groups in total. The number of piperidine rings is 1. The summed E-state index contributed by atoms with van der Waals surface area (Å²) in [6.45, 7) is 5.91. The van der Waals surface area contributed by atoms with Gasteiger partial charge in [0.25, 0.3) is 0 Å². The summed E-state index contributed by atoms with van der Waals surface area (Å²) in [4.78, 5) is 16.6. The van der Waals surface area contributed by atoms with E-state index >= 15 is 0 Å². The quantitative estimate of drug-likeness (QED) is 0.909. The number of nitrogens with zero attached hydrogens (tertiary/aromatic N) is 4. The van der Waals surface area contributed by atoms with E-state index in [1.165, 1.54) is 0 Å². The molecule has 1 aliphatic rings. The highest BCUT2D eigenvalue weighted by Gasteiger charge is 2.22. The molecule has 2 amide bonds. The number of rotatable bonds is 5. The van der Waals surface area contributed by atoms with Gasteiger partial charge in [-0.15, -0.1) is 0 Å². The van der Waals surface area contributed by atoms with Crippen LogP contribution in [0.2, 0.25) is 0 Å². The Labute approximate surface area is 141 Å². The van der Waals surface area contributed by atoms with Crippen molar-refractivity contribution in [3.63, 3.8) is 0 Å². The van der Waals surface area contributed by atoms with Crippen molar-refractivity contribution in [1.29, 1.82) is 0 Å². The Bertz CT molecular complexity index is 684. The Balaban J connectivity index is 1.54. The van der Waals surface area contributed by atoms with Crippen LogP contribution in [0.3, 0.4) is 0 Å². The number of nitrogens with one attached hydrogen (secondary N) is 1. The first-order valence-electron chi connectivity index (χ1n) is 8.61. The van der Waals surface area contributed by atoms with Gasteiger partial charge < -0.3 is 15.1 Å². The summed E-state index contributed by atoms with van der Waals surface area (Å²) >= 11 is 0. The second kappa shape index (κ2) is 7.61. The third-order valence-electron chi connectivity index (χ3n) is 4.46. The van der Waals surface area contributed by atoms with Crippen molar-refractivity contribution >= 4 is 17.1 Å². The van der Waals surface area contributed by atoms with Crippen molar-refractivity contribution in [2.75, 3.05) is 26.7 Å². The van der Waals surface area contributed by atoms with Crippen LogP contribution in [-0.4, -0.2) is 58.9 Å². The SMILES string of the molecule is CCCN1CCC[C@@H](NC(=O)N(C)Cc2ccc3nonc3c2)C1. The van der Waals surface area contributed by atoms with Gasteiger partial charge in [-0.2, -0.15) is 0 Å². The standard InChI is InChI=1S/C17H25N5O2/c1-3-8-22-9-4-5-14(12-22)18-17(23)21(2)11-13-6-7-15-16(10-13)20-24-19-15/h6-7,10,14H,3-5,8-9,11-12H2,1-2H3,(H,18,23)/t14-/m1/s1. The van der Waals surface area contributed by atoms with Crippen molar-refractivity contribution in [1.82, 2.24) is 25.4 Å². The molecule has 2 heterocycles. The van der Waals surface area contributed by atoms with Gasteiger partial charge in [-0.3, -0.25) is 0 Å². The molecule has 1 saturated heterocycles. The predicted octanol–water partition coefficient (Wildman–Crippen LogP) is 2.24. The van der Waals surface area contributed by atoms with Crippen LogP contribution in [0, 0.1) is 0 Å². The van der Waals surface area contributed by atoms with E-state index in [0.717, 1.165) is 50.0 Å². The van der Waals surface area contributed by atoms with Crippen LogP contribution in [0.1, 0.15) is 31.7 Å². The van der Waals surface area contributed by atoms with Crippen molar-refractivity contribution in [3.8, 4) is 0 Å². The summed E-state index contributed by atoms with van der Waals surface area (Å²) in [7, 11) is 1.81. The van der Waals surface area contributed by atoms with Gasteiger partial charge >= 0.3 is 6.03 Å². The highest BCUT2D eigenvalue weighted by Crippen LogP contribution is 2.14. The summed E-state index contributed by atoms with van der Waals surface area (Å²) < 4.78 is 4.71. The molecule has 2 aromatic rings. The average Bonchev–Trinajstić information content (AvgIpc) is 3.03. The molecular formula is C17H25N5O2. The number of amides is 2. The molecule has 1 aliphatic heterocycles. The van der Waals surface area contributed by atoms with E-state index in [4.69, 9.17) is 4.63 Å². The van der Waals surface area contributed by atoms with Crippen molar-refractivity contribution in [2.24, 2.45) is 0 Å². The maximum atomic E-state index is 12.4. The molecule has 1 aromatic carbocycles. The maximum absolute atomic E-state index is 12.4. The second-order valence-corrected chi connectivity index (χ2v) is 6.53. The van der Waals surface area contributed by atoms with Crippen LogP contribution in [0.4, 0.5) is 4.79 Å². The zero-order chi connectivity index (χ0) is 16.9. The summed E-state index contributed by atoms with van der Waals surface area (Å²) in [6, 6.07) is 5.91. The zero-order valence-corrected chi connectivity index (χ0v) is 14.4. The number of fused-ring (bicyclic) bond motifs is 1. The van der Waals surface area contributed by atoms with Crippen molar-refractivity contribution < 1.29 is 9.42 Å². The number of benzene rings is 1. The maximum Gasteiger partial charge on any atom is 0.317 e. The summed E-state index contributed by atoms with van der Waals surface area (Å²) in [5, 5.41) is 10.8. The van der Waals surface area contributed by atoms with Gasteiger partial charge in [-0.05, 0) is 60.4 Å². The van der Waals surface area contributed by atoms with E-state index in [-0.39, 0.29) is 12.1 Å². The lowest BCUT2D eigenvalue weighted by atomic mass is 10.1. The first-order valence-corrected chi connectivity index (χ1v) is 8.61. The van der Waals surface area contributed by atoms with Gasteiger partial charge in [0, 0.05) is 26.2 Å². The van der Waals surface area contributed by atoms with Crippen LogP contribution < -0.4 is 5.32 Å². The lowest BCUT2D eigenvalue weighted by Gasteiger charge is -2.33. The van der Waals surface area contributed by atoms with E-state index < -0.39 is 0 Å².